The van der Waals surface area contributed by atoms with E-state index in [4.69, 9.17) is 0 Å². The summed E-state index contributed by atoms with van der Waals surface area (Å²) in [6.07, 6.45) is 0. The zero-order chi connectivity index (χ0) is 14.8. The summed E-state index contributed by atoms with van der Waals surface area (Å²) in [5.41, 5.74) is 0.448. The van der Waals surface area contributed by atoms with Gasteiger partial charge in [-0.15, -0.1) is 4.91 Å². The molecule has 2 N–H and O–H groups in total. The van der Waals surface area contributed by atoms with Crippen LogP contribution in [0.1, 0.15) is 0 Å². The maximum Gasteiger partial charge on any atom is 0.142 e. The fraction of sp³-hybridized carbons (Fsp3) is 0. The van der Waals surface area contributed by atoms with E-state index in [2.05, 4.69) is 5.29 Å². The molecule has 0 fully saturated rings. The summed E-state index contributed by atoms with van der Waals surface area (Å²) in [5, 5.41) is 25.5. The molecule has 0 aliphatic carbocycles. The molecular weight excluding hydrogens is 268 g/mol. The predicted octanol–water partition coefficient (Wildman–Crippen LogP) is 4.07. The molecule has 0 spiro atoms. The average molecular weight is 280 g/mol. The smallest absolute Gasteiger partial charge is 0.142 e. The second kappa shape index (κ2) is 5.13. The maximum absolute atomic E-state index is 11.3. The molecule has 0 saturated heterocycles. The van der Waals surface area contributed by atoms with Gasteiger partial charge >= 0.3 is 0 Å². The van der Waals surface area contributed by atoms with E-state index in [-0.39, 0.29) is 22.9 Å². The van der Waals surface area contributed by atoms with Gasteiger partial charge in [-0.1, -0.05) is 42.5 Å². The summed E-state index contributed by atoms with van der Waals surface area (Å²) in [6.45, 7) is 0. The second-order valence-electron chi connectivity index (χ2n) is 4.54. The van der Waals surface area contributed by atoms with Gasteiger partial charge < -0.3 is 10.2 Å². The number of hydrogen-bond donors (Lipinski definition) is 2. The normalized spacial score (nSPS) is 10.5. The van der Waals surface area contributed by atoms with Crippen molar-refractivity contribution in [3.8, 4) is 11.5 Å². The van der Waals surface area contributed by atoms with Gasteiger partial charge in [0.25, 0.3) is 0 Å². The lowest BCUT2D eigenvalue weighted by atomic mass is 10.1. The Kier molecular flexibility index (Phi) is 3.16. The number of phenolic OH excluding ortho intramolecular Hbond substituents is 2. The van der Waals surface area contributed by atoms with E-state index < -0.39 is 0 Å². The molecule has 0 bridgehead atoms. The van der Waals surface area contributed by atoms with Crippen LogP contribution in [0.3, 0.4) is 0 Å². The third-order valence-corrected chi connectivity index (χ3v) is 3.28. The lowest BCUT2D eigenvalue weighted by Gasteiger charge is -2.19. The van der Waals surface area contributed by atoms with Crippen LogP contribution in [0, 0.1) is 4.91 Å². The molecule has 0 aliphatic heterocycles. The van der Waals surface area contributed by atoms with Crippen molar-refractivity contribution in [3.63, 3.8) is 0 Å². The molecule has 5 nitrogen and oxygen atoms in total. The molecule has 3 aromatic rings. The summed E-state index contributed by atoms with van der Waals surface area (Å²) < 4.78 is 0. The van der Waals surface area contributed by atoms with Crippen molar-refractivity contribution in [1.82, 2.24) is 0 Å². The van der Waals surface area contributed by atoms with Gasteiger partial charge in [0.15, 0.2) is 0 Å². The molecule has 21 heavy (non-hydrogen) atoms. The van der Waals surface area contributed by atoms with E-state index in [1.807, 2.05) is 12.1 Å². The molecule has 0 aromatic heterocycles. The monoisotopic (exact) mass is 280 g/mol. The first kappa shape index (κ1) is 12.9. The van der Waals surface area contributed by atoms with Crippen molar-refractivity contribution in [2.75, 3.05) is 5.01 Å². The number of para-hydroxylation sites is 2. The standard InChI is InChI=1S/C16H12N2O3/c19-14-8-4-3-7-13(14)18(17-21)16-12-6-2-1-5-11(12)9-10-15(16)20/h1-10,19-20H. The fourth-order valence-electron chi connectivity index (χ4n) is 2.31. The van der Waals surface area contributed by atoms with Crippen molar-refractivity contribution in [3.05, 3.63) is 65.6 Å². The number of rotatable bonds is 3. The number of benzene rings is 3. The van der Waals surface area contributed by atoms with E-state index in [9.17, 15) is 15.1 Å². The Balaban J connectivity index is 2.29. The molecule has 0 radical (unpaired) electrons. The van der Waals surface area contributed by atoms with Crippen LogP contribution in [0.25, 0.3) is 10.8 Å². The van der Waals surface area contributed by atoms with Crippen LogP contribution < -0.4 is 5.01 Å². The van der Waals surface area contributed by atoms with Crippen LogP contribution in [0.2, 0.25) is 0 Å². The van der Waals surface area contributed by atoms with E-state index in [1.165, 1.54) is 12.1 Å². The number of anilines is 2. The molecule has 104 valence electrons. The summed E-state index contributed by atoms with van der Waals surface area (Å²) in [7, 11) is 0. The number of nitroso groups, excluding NO2 is 1. The largest absolute Gasteiger partial charge is 0.506 e. The van der Waals surface area contributed by atoms with E-state index in [1.54, 1.807) is 36.4 Å². The third-order valence-electron chi connectivity index (χ3n) is 3.28. The SMILES string of the molecule is O=NN(c1ccccc1O)c1c(O)ccc2ccccc12. The number of phenols is 2. The van der Waals surface area contributed by atoms with Gasteiger partial charge in [-0.05, 0) is 23.6 Å². The van der Waals surface area contributed by atoms with Crippen LogP contribution in [0.5, 0.6) is 11.5 Å². The first-order valence-electron chi connectivity index (χ1n) is 6.34. The highest BCUT2D eigenvalue weighted by molar-refractivity contribution is 5.99. The number of nitrogens with zero attached hydrogens (tertiary/aromatic N) is 2. The van der Waals surface area contributed by atoms with E-state index >= 15 is 0 Å². The van der Waals surface area contributed by atoms with Gasteiger partial charge in [0.1, 0.15) is 22.9 Å². The van der Waals surface area contributed by atoms with Crippen LogP contribution >= 0.6 is 0 Å². The van der Waals surface area contributed by atoms with Gasteiger partial charge in [-0.3, -0.25) is 0 Å². The number of hydrogen-bond acceptors (Lipinski definition) is 4. The minimum Gasteiger partial charge on any atom is -0.506 e. The second-order valence-corrected chi connectivity index (χ2v) is 4.54. The van der Waals surface area contributed by atoms with E-state index in [0.717, 1.165) is 10.4 Å². The molecule has 0 unspecified atom stereocenters. The summed E-state index contributed by atoms with van der Waals surface area (Å²) in [4.78, 5) is 11.3. The van der Waals surface area contributed by atoms with Gasteiger partial charge in [-0.2, -0.15) is 5.01 Å². The maximum atomic E-state index is 11.3. The summed E-state index contributed by atoms with van der Waals surface area (Å²) in [6, 6.07) is 16.9. The molecule has 0 saturated carbocycles. The molecular formula is C16H12N2O3. The molecule has 3 aromatic carbocycles. The van der Waals surface area contributed by atoms with Crippen molar-refractivity contribution in [1.29, 1.82) is 0 Å². The Morgan fingerprint density at radius 3 is 2.29 bits per heavy atom. The highest BCUT2D eigenvalue weighted by Crippen LogP contribution is 2.42. The van der Waals surface area contributed by atoms with Gasteiger partial charge in [0.2, 0.25) is 0 Å². The van der Waals surface area contributed by atoms with Crippen LogP contribution in [0.4, 0.5) is 11.4 Å². The van der Waals surface area contributed by atoms with Gasteiger partial charge in [0.05, 0.1) is 5.29 Å². The highest BCUT2D eigenvalue weighted by Gasteiger charge is 2.19. The Morgan fingerprint density at radius 1 is 0.810 bits per heavy atom. The minimum absolute atomic E-state index is 0.0865. The Bertz CT molecular complexity index is 817. The number of aromatic hydroxyl groups is 2. The van der Waals surface area contributed by atoms with Gasteiger partial charge in [0, 0.05) is 5.39 Å². The third kappa shape index (κ3) is 2.14. The number of fused-ring (bicyclic) bond motifs is 1. The molecule has 3 rings (SSSR count). The summed E-state index contributed by atoms with van der Waals surface area (Å²) >= 11 is 0. The summed E-state index contributed by atoms with van der Waals surface area (Å²) in [5.74, 6) is -0.180. The van der Waals surface area contributed by atoms with E-state index in [0.29, 0.717) is 5.39 Å². The minimum atomic E-state index is -0.0931. The first-order valence-corrected chi connectivity index (χ1v) is 6.34. The van der Waals surface area contributed by atoms with Crippen molar-refractivity contribution >= 4 is 22.1 Å². The molecule has 5 heteroatoms. The molecule has 0 heterocycles. The van der Waals surface area contributed by atoms with Crippen LogP contribution in [-0.4, -0.2) is 10.2 Å². The van der Waals surface area contributed by atoms with Crippen LogP contribution in [0.15, 0.2) is 65.9 Å². The fourth-order valence-corrected chi connectivity index (χ4v) is 2.31. The zero-order valence-electron chi connectivity index (χ0n) is 11.0. The first-order chi connectivity index (χ1) is 10.2. The Labute approximate surface area is 120 Å². The quantitative estimate of drug-likeness (QED) is 0.560. The molecule has 0 atom stereocenters. The van der Waals surface area contributed by atoms with Gasteiger partial charge in [-0.25, -0.2) is 0 Å². The molecule has 0 aliphatic rings. The lowest BCUT2D eigenvalue weighted by Crippen LogP contribution is -2.08. The zero-order valence-corrected chi connectivity index (χ0v) is 11.0. The molecule has 0 amide bonds. The highest BCUT2D eigenvalue weighted by atomic mass is 16.3. The average Bonchev–Trinajstić information content (AvgIpc) is 2.51. The topological polar surface area (TPSA) is 73.1 Å². The van der Waals surface area contributed by atoms with Crippen molar-refractivity contribution in [2.45, 2.75) is 0 Å². The Hall–Kier alpha value is -3.08. The van der Waals surface area contributed by atoms with Crippen molar-refractivity contribution < 1.29 is 10.2 Å². The lowest BCUT2D eigenvalue weighted by molar-refractivity contribution is 0.471. The van der Waals surface area contributed by atoms with Crippen molar-refractivity contribution in [2.24, 2.45) is 5.29 Å². The predicted molar refractivity (Wildman–Crippen MR) is 81.7 cm³/mol. The van der Waals surface area contributed by atoms with Crippen LogP contribution in [-0.2, 0) is 0 Å². The Morgan fingerprint density at radius 2 is 1.52 bits per heavy atom.